The van der Waals surface area contributed by atoms with E-state index < -0.39 is 0 Å². The maximum atomic E-state index is 3.67. The second-order valence-corrected chi connectivity index (χ2v) is 5.03. The van der Waals surface area contributed by atoms with E-state index in [4.69, 9.17) is 0 Å². The fourth-order valence-corrected chi connectivity index (χ4v) is 2.83. The third kappa shape index (κ3) is 1.69. The molecule has 0 aromatic rings. The largest absolute Gasteiger partial charge is 0.370 e. The van der Waals surface area contributed by atoms with Gasteiger partial charge in [0.1, 0.15) is 0 Å². The SMILES string of the molecule is CC(C)N1C=C(Br)C2=C(CCC2)C1. The summed E-state index contributed by atoms with van der Waals surface area (Å²) in [5.74, 6) is 0. The summed E-state index contributed by atoms with van der Waals surface area (Å²) < 4.78 is 1.32. The number of halogens is 1. The summed E-state index contributed by atoms with van der Waals surface area (Å²) in [6, 6.07) is 0.613. The van der Waals surface area contributed by atoms with Gasteiger partial charge in [-0.15, -0.1) is 0 Å². The molecular weight excluding hydrogens is 226 g/mol. The van der Waals surface area contributed by atoms with E-state index in [1.54, 1.807) is 11.1 Å². The van der Waals surface area contributed by atoms with Gasteiger partial charge in [-0.05, 0) is 60.2 Å². The zero-order chi connectivity index (χ0) is 9.42. The van der Waals surface area contributed by atoms with E-state index >= 15 is 0 Å². The number of rotatable bonds is 1. The Morgan fingerprint density at radius 3 is 2.85 bits per heavy atom. The first-order valence-corrected chi connectivity index (χ1v) is 5.82. The predicted octanol–water partition coefficient (Wildman–Crippen LogP) is 3.43. The van der Waals surface area contributed by atoms with Crippen LogP contribution in [0.5, 0.6) is 0 Å². The van der Waals surface area contributed by atoms with Crippen LogP contribution in [0.3, 0.4) is 0 Å². The summed E-state index contributed by atoms with van der Waals surface area (Å²) in [6.07, 6.45) is 6.19. The van der Waals surface area contributed by atoms with Gasteiger partial charge in [-0.1, -0.05) is 0 Å². The molecular formula is C11H16BrN. The molecule has 0 amide bonds. The van der Waals surface area contributed by atoms with Gasteiger partial charge in [0.2, 0.25) is 0 Å². The molecule has 2 rings (SSSR count). The smallest absolute Gasteiger partial charge is 0.0392 e. The standard InChI is InChI=1S/C11H16BrN/c1-8(2)13-6-9-4-3-5-10(9)11(12)7-13/h7-8H,3-6H2,1-2H3. The third-order valence-corrected chi connectivity index (χ3v) is 3.62. The first-order valence-electron chi connectivity index (χ1n) is 5.03. The van der Waals surface area contributed by atoms with Crippen LogP contribution >= 0.6 is 15.9 Å². The molecule has 0 unspecified atom stereocenters. The van der Waals surface area contributed by atoms with Crippen molar-refractivity contribution in [2.24, 2.45) is 0 Å². The van der Waals surface area contributed by atoms with Crippen LogP contribution in [-0.2, 0) is 0 Å². The summed E-state index contributed by atoms with van der Waals surface area (Å²) in [5.41, 5.74) is 3.24. The Bertz CT molecular complexity index is 276. The number of allylic oxidation sites excluding steroid dienone is 2. The Kier molecular flexibility index (Phi) is 2.50. The van der Waals surface area contributed by atoms with Crippen LogP contribution in [0.15, 0.2) is 21.8 Å². The fourth-order valence-electron chi connectivity index (χ4n) is 2.09. The molecule has 0 fully saturated rings. The molecule has 0 N–H and O–H groups in total. The highest BCUT2D eigenvalue weighted by molar-refractivity contribution is 9.12. The predicted molar refractivity (Wildman–Crippen MR) is 59.7 cm³/mol. The maximum Gasteiger partial charge on any atom is 0.0392 e. The zero-order valence-corrected chi connectivity index (χ0v) is 9.89. The van der Waals surface area contributed by atoms with Gasteiger partial charge in [-0.25, -0.2) is 0 Å². The van der Waals surface area contributed by atoms with Gasteiger partial charge in [0.05, 0.1) is 0 Å². The zero-order valence-electron chi connectivity index (χ0n) is 8.31. The van der Waals surface area contributed by atoms with E-state index in [1.165, 1.54) is 23.7 Å². The summed E-state index contributed by atoms with van der Waals surface area (Å²) >= 11 is 3.67. The monoisotopic (exact) mass is 241 g/mol. The Labute approximate surface area is 88.6 Å². The van der Waals surface area contributed by atoms with Gasteiger partial charge in [-0.3, -0.25) is 0 Å². The topological polar surface area (TPSA) is 3.24 Å². The van der Waals surface area contributed by atoms with Crippen molar-refractivity contribution in [3.05, 3.63) is 21.8 Å². The van der Waals surface area contributed by atoms with Crippen molar-refractivity contribution in [3.63, 3.8) is 0 Å². The van der Waals surface area contributed by atoms with Gasteiger partial charge < -0.3 is 4.90 Å². The van der Waals surface area contributed by atoms with Gasteiger partial charge >= 0.3 is 0 Å². The molecule has 1 nitrogen and oxygen atoms in total. The lowest BCUT2D eigenvalue weighted by molar-refractivity contribution is 0.328. The highest BCUT2D eigenvalue weighted by Gasteiger charge is 2.23. The normalized spacial score (nSPS) is 22.5. The molecule has 1 heterocycles. The van der Waals surface area contributed by atoms with E-state index in [1.807, 2.05) is 0 Å². The number of hydrogen-bond acceptors (Lipinski definition) is 1. The van der Waals surface area contributed by atoms with Crippen LogP contribution < -0.4 is 0 Å². The molecule has 0 bridgehead atoms. The van der Waals surface area contributed by atoms with Crippen LogP contribution in [0.4, 0.5) is 0 Å². The highest BCUT2D eigenvalue weighted by atomic mass is 79.9. The maximum absolute atomic E-state index is 3.67. The van der Waals surface area contributed by atoms with Crippen molar-refractivity contribution < 1.29 is 0 Å². The fraction of sp³-hybridized carbons (Fsp3) is 0.636. The molecule has 2 aliphatic rings. The van der Waals surface area contributed by atoms with Crippen molar-refractivity contribution in [2.45, 2.75) is 39.2 Å². The van der Waals surface area contributed by atoms with Crippen LogP contribution in [0, 0.1) is 0 Å². The lowest BCUT2D eigenvalue weighted by atomic mass is 10.1. The van der Waals surface area contributed by atoms with E-state index in [2.05, 4.69) is 40.9 Å². The van der Waals surface area contributed by atoms with E-state index in [-0.39, 0.29) is 0 Å². The van der Waals surface area contributed by atoms with Gasteiger partial charge in [0, 0.05) is 23.3 Å². The summed E-state index contributed by atoms with van der Waals surface area (Å²) in [6.45, 7) is 5.65. The highest BCUT2D eigenvalue weighted by Crippen LogP contribution is 2.38. The summed E-state index contributed by atoms with van der Waals surface area (Å²) in [7, 11) is 0. The van der Waals surface area contributed by atoms with Gasteiger partial charge in [-0.2, -0.15) is 0 Å². The average Bonchev–Trinajstić information content (AvgIpc) is 2.51. The lowest BCUT2D eigenvalue weighted by Gasteiger charge is -2.30. The van der Waals surface area contributed by atoms with Crippen molar-refractivity contribution in [3.8, 4) is 0 Å². The van der Waals surface area contributed by atoms with Gasteiger partial charge in [0.25, 0.3) is 0 Å². The van der Waals surface area contributed by atoms with Crippen molar-refractivity contribution >= 4 is 15.9 Å². The quantitative estimate of drug-likeness (QED) is 0.680. The van der Waals surface area contributed by atoms with Crippen LogP contribution in [0.1, 0.15) is 33.1 Å². The van der Waals surface area contributed by atoms with E-state index in [0.717, 1.165) is 6.54 Å². The molecule has 0 saturated carbocycles. The molecule has 0 saturated heterocycles. The van der Waals surface area contributed by atoms with Crippen LogP contribution in [0.25, 0.3) is 0 Å². The van der Waals surface area contributed by atoms with Crippen LogP contribution in [0.2, 0.25) is 0 Å². The molecule has 1 aliphatic carbocycles. The second kappa shape index (κ2) is 3.49. The Morgan fingerprint density at radius 1 is 1.38 bits per heavy atom. The third-order valence-electron chi connectivity index (χ3n) is 2.94. The minimum absolute atomic E-state index is 0.613. The molecule has 13 heavy (non-hydrogen) atoms. The summed E-state index contributed by atoms with van der Waals surface area (Å²) in [5, 5.41) is 0. The average molecular weight is 242 g/mol. The molecule has 0 aromatic heterocycles. The molecule has 0 radical (unpaired) electrons. The molecule has 72 valence electrons. The van der Waals surface area contributed by atoms with Crippen molar-refractivity contribution in [1.82, 2.24) is 4.90 Å². The molecule has 0 atom stereocenters. The molecule has 2 heteroatoms. The minimum atomic E-state index is 0.613. The Morgan fingerprint density at radius 2 is 2.15 bits per heavy atom. The Hall–Kier alpha value is -0.240. The van der Waals surface area contributed by atoms with Gasteiger partial charge in [0.15, 0.2) is 0 Å². The molecule has 0 spiro atoms. The minimum Gasteiger partial charge on any atom is -0.370 e. The number of nitrogens with zero attached hydrogens (tertiary/aromatic N) is 1. The molecule has 1 aliphatic heterocycles. The van der Waals surface area contributed by atoms with Crippen molar-refractivity contribution in [2.75, 3.05) is 6.54 Å². The van der Waals surface area contributed by atoms with E-state index in [0.29, 0.717) is 6.04 Å². The lowest BCUT2D eigenvalue weighted by Crippen LogP contribution is -2.29. The van der Waals surface area contributed by atoms with E-state index in [9.17, 15) is 0 Å². The first-order chi connectivity index (χ1) is 6.18. The first kappa shape index (κ1) is 9.32. The summed E-state index contributed by atoms with van der Waals surface area (Å²) in [4.78, 5) is 2.41. The molecule has 0 aromatic carbocycles. The van der Waals surface area contributed by atoms with Crippen molar-refractivity contribution in [1.29, 1.82) is 0 Å². The second-order valence-electron chi connectivity index (χ2n) is 4.18. The Balaban J connectivity index is 2.22. The number of hydrogen-bond donors (Lipinski definition) is 0. The van der Waals surface area contributed by atoms with Crippen LogP contribution in [-0.4, -0.2) is 17.5 Å².